The summed E-state index contributed by atoms with van der Waals surface area (Å²) in [5.74, 6) is 2.85. The van der Waals surface area contributed by atoms with Crippen molar-refractivity contribution in [2.75, 3.05) is 6.61 Å². The van der Waals surface area contributed by atoms with Crippen LogP contribution in [-0.2, 0) is 0 Å². The molecule has 0 aliphatic heterocycles. The van der Waals surface area contributed by atoms with Crippen molar-refractivity contribution in [2.24, 2.45) is 17.8 Å². The summed E-state index contributed by atoms with van der Waals surface area (Å²) in [7, 11) is 0. The molecule has 2 fully saturated rings. The Kier molecular flexibility index (Phi) is 7.90. The molecule has 0 bridgehead atoms. The van der Waals surface area contributed by atoms with Gasteiger partial charge < -0.3 is 9.47 Å². The third-order valence-corrected chi connectivity index (χ3v) is 7.88. The van der Waals surface area contributed by atoms with Crippen molar-refractivity contribution >= 4 is 0 Å². The Balaban J connectivity index is 1.25. The Bertz CT molecular complexity index is 748. The van der Waals surface area contributed by atoms with E-state index in [-0.39, 0.29) is 11.9 Å². The van der Waals surface area contributed by atoms with Crippen LogP contribution < -0.4 is 9.47 Å². The standard InChI is InChI=1S/C27H40FNO2/c1-3-6-20-9-13-22(14-10-20)23-15-11-21(12-16-23)18-30-27-19(2)17-25(26(28)29-27)31-24-7-4-5-8-24/h11,17,20,22-24H,3-10,12-16,18H2,1-2H3. The van der Waals surface area contributed by atoms with Crippen LogP contribution in [0.15, 0.2) is 17.7 Å². The minimum absolute atomic E-state index is 0.129. The summed E-state index contributed by atoms with van der Waals surface area (Å²) in [6.07, 6.45) is 18.9. The van der Waals surface area contributed by atoms with E-state index in [9.17, 15) is 4.39 Å². The highest BCUT2D eigenvalue weighted by atomic mass is 19.1. The molecule has 0 radical (unpaired) electrons. The predicted octanol–water partition coefficient (Wildman–Crippen LogP) is 7.56. The zero-order valence-electron chi connectivity index (χ0n) is 19.5. The number of ether oxygens (including phenoxy) is 2. The minimum Gasteiger partial charge on any atom is -0.486 e. The van der Waals surface area contributed by atoms with Crippen LogP contribution in [0, 0.1) is 30.6 Å². The number of hydrogen-bond donors (Lipinski definition) is 0. The van der Waals surface area contributed by atoms with Gasteiger partial charge in [-0.1, -0.05) is 38.7 Å². The molecule has 0 spiro atoms. The molecule has 0 amide bonds. The zero-order valence-corrected chi connectivity index (χ0v) is 19.5. The minimum atomic E-state index is -0.552. The summed E-state index contributed by atoms with van der Waals surface area (Å²) in [5.41, 5.74) is 2.18. The molecule has 4 rings (SSSR count). The quantitative estimate of drug-likeness (QED) is 0.315. The van der Waals surface area contributed by atoms with E-state index in [0.717, 1.165) is 55.4 Å². The molecule has 1 unspecified atom stereocenters. The lowest BCUT2D eigenvalue weighted by molar-refractivity contribution is 0.184. The molecule has 172 valence electrons. The van der Waals surface area contributed by atoms with Gasteiger partial charge in [-0.2, -0.15) is 9.37 Å². The fourth-order valence-corrected chi connectivity index (χ4v) is 5.95. The van der Waals surface area contributed by atoms with Gasteiger partial charge in [0.15, 0.2) is 5.75 Å². The predicted molar refractivity (Wildman–Crippen MR) is 123 cm³/mol. The number of rotatable bonds is 8. The highest BCUT2D eigenvalue weighted by Crippen LogP contribution is 2.40. The highest BCUT2D eigenvalue weighted by molar-refractivity contribution is 5.33. The maximum Gasteiger partial charge on any atom is 0.258 e. The lowest BCUT2D eigenvalue weighted by Gasteiger charge is -2.35. The molecule has 31 heavy (non-hydrogen) atoms. The molecule has 0 aromatic carbocycles. The summed E-state index contributed by atoms with van der Waals surface area (Å²) in [6.45, 7) is 4.75. The third kappa shape index (κ3) is 6.02. The molecular formula is C27H40FNO2. The highest BCUT2D eigenvalue weighted by Gasteiger charge is 2.28. The first kappa shape index (κ1) is 22.6. The second-order valence-corrected chi connectivity index (χ2v) is 10.2. The summed E-state index contributed by atoms with van der Waals surface area (Å²) >= 11 is 0. The number of pyridine rings is 1. The van der Waals surface area contributed by atoms with E-state index in [4.69, 9.17) is 9.47 Å². The van der Waals surface area contributed by atoms with E-state index in [2.05, 4.69) is 18.0 Å². The number of hydrogen-bond acceptors (Lipinski definition) is 3. The molecule has 1 heterocycles. The maximum absolute atomic E-state index is 14.5. The number of aryl methyl sites for hydroxylation is 1. The normalized spacial score (nSPS) is 27.2. The van der Waals surface area contributed by atoms with Crippen molar-refractivity contribution in [3.63, 3.8) is 0 Å². The first-order valence-corrected chi connectivity index (χ1v) is 12.8. The van der Waals surface area contributed by atoms with Gasteiger partial charge in [-0.3, -0.25) is 0 Å². The Hall–Kier alpha value is -1.58. The molecule has 2 saturated carbocycles. The first-order chi connectivity index (χ1) is 15.1. The monoisotopic (exact) mass is 429 g/mol. The second kappa shape index (κ2) is 10.8. The van der Waals surface area contributed by atoms with Gasteiger partial charge in [-0.15, -0.1) is 0 Å². The van der Waals surface area contributed by atoms with Crippen LogP contribution in [0.4, 0.5) is 4.39 Å². The molecule has 4 heteroatoms. The number of nitrogens with zero attached hydrogens (tertiary/aromatic N) is 1. The molecule has 3 aliphatic rings. The average molecular weight is 430 g/mol. The van der Waals surface area contributed by atoms with Gasteiger partial charge in [0.25, 0.3) is 5.95 Å². The molecule has 3 nitrogen and oxygen atoms in total. The van der Waals surface area contributed by atoms with E-state index in [1.54, 1.807) is 6.07 Å². The van der Waals surface area contributed by atoms with Crippen LogP contribution in [-0.4, -0.2) is 17.7 Å². The largest absolute Gasteiger partial charge is 0.486 e. The molecular weight excluding hydrogens is 389 g/mol. The summed E-state index contributed by atoms with van der Waals surface area (Å²) in [5, 5.41) is 0. The number of halogens is 1. The van der Waals surface area contributed by atoms with Gasteiger partial charge in [-0.25, -0.2) is 0 Å². The van der Waals surface area contributed by atoms with E-state index in [1.807, 2.05) is 6.92 Å². The average Bonchev–Trinajstić information content (AvgIpc) is 3.29. The number of allylic oxidation sites excluding steroid dienone is 1. The van der Waals surface area contributed by atoms with E-state index in [0.29, 0.717) is 12.5 Å². The van der Waals surface area contributed by atoms with E-state index in [1.165, 1.54) is 56.9 Å². The van der Waals surface area contributed by atoms with Gasteiger partial charge in [-0.05, 0) is 94.1 Å². The summed E-state index contributed by atoms with van der Waals surface area (Å²) in [6, 6.07) is 1.75. The smallest absolute Gasteiger partial charge is 0.258 e. The van der Waals surface area contributed by atoms with Crippen LogP contribution >= 0.6 is 0 Å². The van der Waals surface area contributed by atoms with E-state index < -0.39 is 5.95 Å². The van der Waals surface area contributed by atoms with Gasteiger partial charge in [0.05, 0.1) is 6.10 Å². The Morgan fingerprint density at radius 1 is 1.03 bits per heavy atom. The molecule has 3 aliphatic carbocycles. The van der Waals surface area contributed by atoms with Crippen molar-refractivity contribution in [2.45, 2.75) is 103 Å². The summed E-state index contributed by atoms with van der Waals surface area (Å²) < 4.78 is 26.2. The van der Waals surface area contributed by atoms with Gasteiger partial charge in [0, 0.05) is 5.56 Å². The van der Waals surface area contributed by atoms with Crippen molar-refractivity contribution in [1.29, 1.82) is 0 Å². The van der Waals surface area contributed by atoms with Crippen molar-refractivity contribution in [3.05, 3.63) is 29.2 Å². The Labute approximate surface area is 187 Å². The summed E-state index contributed by atoms with van der Waals surface area (Å²) in [4.78, 5) is 4.07. The molecule has 1 aromatic heterocycles. The zero-order chi connectivity index (χ0) is 21.6. The van der Waals surface area contributed by atoms with Gasteiger partial charge in [0.2, 0.25) is 5.88 Å². The lowest BCUT2D eigenvalue weighted by Crippen LogP contribution is -2.24. The fourth-order valence-electron chi connectivity index (χ4n) is 5.95. The van der Waals surface area contributed by atoms with Gasteiger partial charge in [0.1, 0.15) is 6.61 Å². The van der Waals surface area contributed by atoms with Crippen LogP contribution in [0.25, 0.3) is 0 Å². The first-order valence-electron chi connectivity index (χ1n) is 12.8. The molecule has 1 atom stereocenters. The van der Waals surface area contributed by atoms with Crippen molar-refractivity contribution < 1.29 is 13.9 Å². The SMILES string of the molecule is CCCC1CCC(C2CC=C(COc3nc(F)c(OC4CCCC4)cc3C)CC2)CC1. The fraction of sp³-hybridized carbons (Fsp3) is 0.741. The maximum atomic E-state index is 14.5. The molecule has 0 saturated heterocycles. The second-order valence-electron chi connectivity index (χ2n) is 10.2. The van der Waals surface area contributed by atoms with Crippen molar-refractivity contribution in [1.82, 2.24) is 4.98 Å². The lowest BCUT2D eigenvalue weighted by atomic mass is 9.71. The van der Waals surface area contributed by atoms with Crippen LogP contribution in [0.2, 0.25) is 0 Å². The van der Waals surface area contributed by atoms with Crippen LogP contribution in [0.3, 0.4) is 0 Å². The van der Waals surface area contributed by atoms with Gasteiger partial charge >= 0.3 is 0 Å². The third-order valence-electron chi connectivity index (χ3n) is 7.88. The Morgan fingerprint density at radius 3 is 2.48 bits per heavy atom. The topological polar surface area (TPSA) is 31.4 Å². The van der Waals surface area contributed by atoms with Crippen LogP contribution in [0.5, 0.6) is 11.6 Å². The molecule has 0 N–H and O–H groups in total. The number of aromatic nitrogens is 1. The Morgan fingerprint density at radius 2 is 1.81 bits per heavy atom. The van der Waals surface area contributed by atoms with Crippen LogP contribution in [0.1, 0.15) is 96.0 Å². The van der Waals surface area contributed by atoms with E-state index >= 15 is 0 Å². The van der Waals surface area contributed by atoms with Crippen molar-refractivity contribution in [3.8, 4) is 11.6 Å². The molecule has 1 aromatic rings.